The number of nitrogens with zero attached hydrogens (tertiary/aromatic N) is 1. The molecule has 1 aliphatic rings. The van der Waals surface area contributed by atoms with Gasteiger partial charge in [-0.1, -0.05) is 28.1 Å². The molecule has 1 saturated heterocycles. The van der Waals surface area contributed by atoms with E-state index in [2.05, 4.69) is 33.8 Å². The maximum atomic E-state index is 11.3. The zero-order chi connectivity index (χ0) is 14.0. The second-order valence-electron chi connectivity index (χ2n) is 5.23. The molecule has 0 aromatic heterocycles. The number of hydrogen-bond acceptors (Lipinski definition) is 3. The molecule has 0 spiro atoms. The Hall–Kier alpha value is -0.910. The Kier molecular flexibility index (Phi) is 4.28. The predicted molar refractivity (Wildman–Crippen MR) is 77.5 cm³/mol. The van der Waals surface area contributed by atoms with Crippen molar-refractivity contribution in [1.29, 1.82) is 0 Å². The van der Waals surface area contributed by atoms with Gasteiger partial charge in [0.1, 0.15) is 0 Å². The van der Waals surface area contributed by atoms with Gasteiger partial charge in [-0.3, -0.25) is 9.69 Å². The van der Waals surface area contributed by atoms with Crippen LogP contribution in [0.5, 0.6) is 0 Å². The van der Waals surface area contributed by atoms with Crippen LogP contribution in [0, 0.1) is 6.92 Å². The molecule has 2 rings (SSSR count). The lowest BCUT2D eigenvalue weighted by Crippen LogP contribution is -2.55. The van der Waals surface area contributed by atoms with E-state index in [-0.39, 0.29) is 0 Å². The van der Waals surface area contributed by atoms with Gasteiger partial charge < -0.3 is 10.8 Å². The van der Waals surface area contributed by atoms with Gasteiger partial charge in [0.05, 0.1) is 0 Å². The van der Waals surface area contributed by atoms with Crippen molar-refractivity contribution in [2.75, 3.05) is 13.1 Å². The highest BCUT2D eigenvalue weighted by atomic mass is 79.9. The summed E-state index contributed by atoms with van der Waals surface area (Å²) in [7, 11) is 0. The zero-order valence-electron chi connectivity index (χ0n) is 11.0. The van der Waals surface area contributed by atoms with Gasteiger partial charge >= 0.3 is 0 Å². The summed E-state index contributed by atoms with van der Waals surface area (Å²) in [5.74, 6) is -0.622. The number of rotatable bonds is 3. The van der Waals surface area contributed by atoms with Crippen LogP contribution in [-0.4, -0.2) is 34.6 Å². The zero-order valence-corrected chi connectivity index (χ0v) is 12.6. The summed E-state index contributed by atoms with van der Waals surface area (Å²) >= 11 is 3.51. The number of hydrogen-bond donors (Lipinski definition) is 2. The van der Waals surface area contributed by atoms with E-state index >= 15 is 0 Å². The molecular formula is C14H19BrN2O2. The molecule has 4 nitrogen and oxygen atoms in total. The molecule has 0 unspecified atom stereocenters. The Morgan fingerprint density at radius 3 is 3.00 bits per heavy atom. The SMILES string of the molecule is Cc1c(Br)cccc1CN1CCC[C@@](O)(C(N)=O)C1. The minimum absolute atomic E-state index is 0.314. The van der Waals surface area contributed by atoms with Crippen LogP contribution in [0.2, 0.25) is 0 Å². The number of aliphatic hydroxyl groups is 1. The summed E-state index contributed by atoms with van der Waals surface area (Å²) in [6.07, 6.45) is 1.24. The predicted octanol–water partition coefficient (Wildman–Crippen LogP) is 1.57. The monoisotopic (exact) mass is 326 g/mol. The van der Waals surface area contributed by atoms with Gasteiger partial charge in [0.15, 0.2) is 5.60 Å². The van der Waals surface area contributed by atoms with Crippen molar-refractivity contribution in [2.24, 2.45) is 5.73 Å². The van der Waals surface area contributed by atoms with E-state index in [0.29, 0.717) is 13.0 Å². The van der Waals surface area contributed by atoms with Gasteiger partial charge in [0, 0.05) is 17.6 Å². The lowest BCUT2D eigenvalue weighted by atomic mass is 9.91. The Balaban J connectivity index is 2.11. The average molecular weight is 327 g/mol. The fraction of sp³-hybridized carbons (Fsp3) is 0.500. The number of likely N-dealkylation sites (tertiary alicyclic amines) is 1. The van der Waals surface area contributed by atoms with Crippen molar-refractivity contribution in [3.8, 4) is 0 Å². The first-order valence-electron chi connectivity index (χ1n) is 6.41. The molecule has 1 aliphatic heterocycles. The van der Waals surface area contributed by atoms with E-state index in [4.69, 9.17) is 5.73 Å². The van der Waals surface area contributed by atoms with E-state index in [1.807, 2.05) is 12.1 Å². The first-order chi connectivity index (χ1) is 8.92. The highest BCUT2D eigenvalue weighted by Gasteiger charge is 2.38. The summed E-state index contributed by atoms with van der Waals surface area (Å²) in [4.78, 5) is 13.4. The quantitative estimate of drug-likeness (QED) is 0.886. The fourth-order valence-corrected chi connectivity index (χ4v) is 2.93. The van der Waals surface area contributed by atoms with Crippen LogP contribution in [-0.2, 0) is 11.3 Å². The molecule has 1 amide bonds. The minimum Gasteiger partial charge on any atom is -0.379 e. The van der Waals surface area contributed by atoms with Gasteiger partial charge in [0.25, 0.3) is 5.91 Å². The van der Waals surface area contributed by atoms with E-state index in [1.165, 1.54) is 11.1 Å². The average Bonchev–Trinajstić information content (AvgIpc) is 2.35. The van der Waals surface area contributed by atoms with Crippen LogP contribution < -0.4 is 5.73 Å². The molecule has 1 atom stereocenters. The van der Waals surface area contributed by atoms with Gasteiger partial charge in [-0.25, -0.2) is 0 Å². The van der Waals surface area contributed by atoms with Crippen molar-refractivity contribution < 1.29 is 9.90 Å². The maximum absolute atomic E-state index is 11.3. The molecule has 104 valence electrons. The first-order valence-corrected chi connectivity index (χ1v) is 7.20. The van der Waals surface area contributed by atoms with Gasteiger partial charge in [-0.15, -0.1) is 0 Å². The second-order valence-corrected chi connectivity index (χ2v) is 6.09. The molecule has 1 heterocycles. The number of halogens is 1. The standard InChI is InChI=1S/C14H19BrN2O2/c1-10-11(4-2-5-12(10)15)8-17-7-3-6-14(19,9-17)13(16)18/h2,4-5,19H,3,6-9H2,1H3,(H2,16,18)/t14-/m0/s1. The maximum Gasteiger partial charge on any atom is 0.250 e. The minimum atomic E-state index is -1.38. The summed E-state index contributed by atoms with van der Waals surface area (Å²) in [6.45, 7) is 3.97. The number of nitrogens with two attached hydrogens (primary N) is 1. The molecule has 0 aliphatic carbocycles. The van der Waals surface area contributed by atoms with Gasteiger partial charge in [0.2, 0.25) is 0 Å². The molecule has 1 aromatic carbocycles. The van der Waals surface area contributed by atoms with Crippen LogP contribution in [0.15, 0.2) is 22.7 Å². The van der Waals surface area contributed by atoms with Crippen LogP contribution in [0.3, 0.4) is 0 Å². The number of primary amides is 1. The Morgan fingerprint density at radius 2 is 2.32 bits per heavy atom. The van der Waals surface area contributed by atoms with Gasteiger partial charge in [-0.2, -0.15) is 0 Å². The molecule has 3 N–H and O–H groups in total. The van der Waals surface area contributed by atoms with Crippen molar-refractivity contribution in [2.45, 2.75) is 31.9 Å². The van der Waals surface area contributed by atoms with E-state index in [9.17, 15) is 9.90 Å². The smallest absolute Gasteiger partial charge is 0.250 e. The van der Waals surface area contributed by atoms with E-state index in [0.717, 1.165) is 24.0 Å². The molecule has 0 radical (unpaired) electrons. The summed E-state index contributed by atoms with van der Waals surface area (Å²) < 4.78 is 1.08. The number of benzene rings is 1. The van der Waals surface area contributed by atoms with Crippen LogP contribution >= 0.6 is 15.9 Å². The lowest BCUT2D eigenvalue weighted by Gasteiger charge is -2.37. The Morgan fingerprint density at radius 1 is 1.58 bits per heavy atom. The third-order valence-electron chi connectivity index (χ3n) is 3.78. The summed E-state index contributed by atoms with van der Waals surface area (Å²) in [5, 5.41) is 10.2. The highest BCUT2D eigenvalue weighted by molar-refractivity contribution is 9.10. The van der Waals surface area contributed by atoms with Crippen molar-refractivity contribution in [3.63, 3.8) is 0 Å². The van der Waals surface area contributed by atoms with E-state index in [1.54, 1.807) is 0 Å². The Labute approximate surface area is 121 Å². The number of carbonyl (C=O) groups is 1. The number of β-amino-alcohol motifs (C(OH)–C–C–N with tert-alkyl or cyclic N) is 1. The fourth-order valence-electron chi connectivity index (χ4n) is 2.52. The number of carbonyl (C=O) groups excluding carboxylic acids is 1. The molecule has 0 saturated carbocycles. The van der Waals surface area contributed by atoms with Crippen LogP contribution in [0.4, 0.5) is 0 Å². The topological polar surface area (TPSA) is 66.6 Å². The third kappa shape index (κ3) is 3.16. The molecule has 1 fully saturated rings. The third-order valence-corrected chi connectivity index (χ3v) is 4.64. The Bertz CT molecular complexity index is 492. The first kappa shape index (κ1) is 14.5. The van der Waals surface area contributed by atoms with Crippen molar-refractivity contribution in [3.05, 3.63) is 33.8 Å². The largest absolute Gasteiger partial charge is 0.379 e. The van der Waals surface area contributed by atoms with E-state index < -0.39 is 11.5 Å². The van der Waals surface area contributed by atoms with Crippen LogP contribution in [0.1, 0.15) is 24.0 Å². The normalized spacial score (nSPS) is 24.4. The second kappa shape index (κ2) is 5.61. The van der Waals surface area contributed by atoms with Crippen molar-refractivity contribution >= 4 is 21.8 Å². The summed E-state index contributed by atoms with van der Waals surface area (Å²) in [6, 6.07) is 6.07. The number of piperidine rings is 1. The molecule has 1 aromatic rings. The molecule has 0 bridgehead atoms. The molecule has 5 heteroatoms. The highest BCUT2D eigenvalue weighted by Crippen LogP contribution is 2.25. The molecular weight excluding hydrogens is 308 g/mol. The van der Waals surface area contributed by atoms with Gasteiger partial charge in [-0.05, 0) is 43.5 Å². The van der Waals surface area contributed by atoms with Crippen molar-refractivity contribution in [1.82, 2.24) is 4.90 Å². The molecule has 19 heavy (non-hydrogen) atoms. The number of amides is 1. The summed E-state index contributed by atoms with van der Waals surface area (Å²) in [5.41, 5.74) is 6.30. The van der Waals surface area contributed by atoms with Crippen LogP contribution in [0.25, 0.3) is 0 Å². The lowest BCUT2D eigenvalue weighted by molar-refractivity contribution is -0.142.